The molecule has 1 fully saturated rings. The van der Waals surface area contributed by atoms with Crippen LogP contribution in [0.3, 0.4) is 0 Å². The van der Waals surface area contributed by atoms with Crippen LogP contribution in [-0.2, 0) is 0 Å². The number of carbonyl (C=O) groups excluding carboxylic acids is 1. The summed E-state index contributed by atoms with van der Waals surface area (Å²) in [6.45, 7) is -0.00390. The van der Waals surface area contributed by atoms with E-state index in [2.05, 4.69) is 21.2 Å². The molecular formula is C12H14BrNO3. The zero-order valence-corrected chi connectivity index (χ0v) is 11.1. The molecule has 0 radical (unpaired) electrons. The molecule has 1 saturated carbocycles. The number of amides is 1. The van der Waals surface area contributed by atoms with Crippen LogP contribution in [0.4, 0.5) is 0 Å². The van der Waals surface area contributed by atoms with Gasteiger partial charge in [-0.05, 0) is 47.0 Å². The number of hydrogen-bond acceptors (Lipinski definition) is 3. The van der Waals surface area contributed by atoms with Gasteiger partial charge in [0, 0.05) is 5.56 Å². The van der Waals surface area contributed by atoms with Crippen LogP contribution in [0.1, 0.15) is 23.2 Å². The highest BCUT2D eigenvalue weighted by molar-refractivity contribution is 9.10. The van der Waals surface area contributed by atoms with Crippen molar-refractivity contribution >= 4 is 21.8 Å². The van der Waals surface area contributed by atoms with Gasteiger partial charge in [0.2, 0.25) is 0 Å². The molecule has 0 aromatic heterocycles. The lowest BCUT2D eigenvalue weighted by Gasteiger charge is -2.14. The maximum absolute atomic E-state index is 11.9. The second kappa shape index (κ2) is 4.66. The summed E-state index contributed by atoms with van der Waals surface area (Å²) in [6.07, 6.45) is 1.68. The number of benzene rings is 1. The molecule has 1 amide bonds. The zero-order chi connectivity index (χ0) is 12.5. The average Bonchev–Trinajstić information content (AvgIpc) is 3.09. The van der Waals surface area contributed by atoms with Crippen LogP contribution in [0, 0.1) is 0 Å². The van der Waals surface area contributed by atoms with Crippen molar-refractivity contribution in [3.63, 3.8) is 0 Å². The molecule has 5 heteroatoms. The molecule has 0 saturated heterocycles. The van der Waals surface area contributed by atoms with Crippen molar-refractivity contribution in [2.24, 2.45) is 0 Å². The molecule has 1 aliphatic rings. The first-order chi connectivity index (χ1) is 8.10. The normalized spacial score (nSPS) is 16.4. The molecule has 0 atom stereocenters. The molecule has 1 aliphatic carbocycles. The number of aliphatic hydroxyl groups is 1. The SMILES string of the molecule is COc1ccc(C(=O)NC2(CO)CC2)cc1Br. The molecule has 17 heavy (non-hydrogen) atoms. The highest BCUT2D eigenvalue weighted by Crippen LogP contribution is 2.35. The van der Waals surface area contributed by atoms with Crippen molar-refractivity contribution < 1.29 is 14.6 Å². The molecule has 0 spiro atoms. The van der Waals surface area contributed by atoms with Gasteiger partial charge in [0.1, 0.15) is 5.75 Å². The molecule has 2 rings (SSSR count). The number of methoxy groups -OCH3 is 1. The Labute approximate surface area is 108 Å². The Kier molecular flexibility index (Phi) is 3.40. The molecule has 2 N–H and O–H groups in total. The van der Waals surface area contributed by atoms with E-state index in [0.717, 1.165) is 17.3 Å². The minimum atomic E-state index is -0.385. The maximum Gasteiger partial charge on any atom is 0.251 e. The van der Waals surface area contributed by atoms with Gasteiger partial charge in [-0.3, -0.25) is 4.79 Å². The minimum absolute atomic E-state index is 0.00390. The van der Waals surface area contributed by atoms with E-state index >= 15 is 0 Å². The number of rotatable bonds is 4. The molecule has 4 nitrogen and oxygen atoms in total. The fraction of sp³-hybridized carbons (Fsp3) is 0.417. The van der Waals surface area contributed by atoms with Gasteiger partial charge in [-0.25, -0.2) is 0 Å². The Balaban J connectivity index is 2.12. The lowest BCUT2D eigenvalue weighted by Crippen LogP contribution is -2.39. The quantitative estimate of drug-likeness (QED) is 0.890. The van der Waals surface area contributed by atoms with Crippen LogP contribution in [-0.4, -0.2) is 30.3 Å². The number of aliphatic hydroxyl groups excluding tert-OH is 1. The van der Waals surface area contributed by atoms with Gasteiger partial charge in [0.15, 0.2) is 0 Å². The first-order valence-electron chi connectivity index (χ1n) is 5.37. The lowest BCUT2D eigenvalue weighted by molar-refractivity contribution is 0.0906. The number of ether oxygens (including phenoxy) is 1. The summed E-state index contributed by atoms with van der Waals surface area (Å²) < 4.78 is 5.83. The highest BCUT2D eigenvalue weighted by Gasteiger charge is 2.43. The van der Waals surface area contributed by atoms with Gasteiger partial charge >= 0.3 is 0 Å². The summed E-state index contributed by atoms with van der Waals surface area (Å²) in [5.41, 5.74) is 0.168. The molecule has 0 heterocycles. The lowest BCUT2D eigenvalue weighted by atomic mass is 10.2. The van der Waals surface area contributed by atoms with Gasteiger partial charge in [0.05, 0.1) is 23.7 Å². The number of carbonyl (C=O) groups is 1. The molecule has 1 aromatic rings. The number of hydrogen-bond donors (Lipinski definition) is 2. The molecule has 92 valence electrons. The molecule has 0 aliphatic heterocycles. The second-order valence-electron chi connectivity index (χ2n) is 4.24. The van der Waals surface area contributed by atoms with E-state index in [4.69, 9.17) is 9.84 Å². The predicted octanol–water partition coefficient (Wildman–Crippen LogP) is 1.71. The predicted molar refractivity (Wildman–Crippen MR) is 67.2 cm³/mol. The van der Waals surface area contributed by atoms with Crippen LogP contribution in [0.25, 0.3) is 0 Å². The summed E-state index contributed by atoms with van der Waals surface area (Å²) in [5, 5.41) is 12.0. The average molecular weight is 300 g/mol. The van der Waals surface area contributed by atoms with Gasteiger partial charge in [0.25, 0.3) is 5.91 Å². The zero-order valence-electron chi connectivity index (χ0n) is 9.50. The Bertz CT molecular complexity index is 443. The van der Waals surface area contributed by atoms with E-state index in [1.165, 1.54) is 0 Å². The van der Waals surface area contributed by atoms with E-state index in [9.17, 15) is 4.79 Å². The summed E-state index contributed by atoms with van der Waals surface area (Å²) in [4.78, 5) is 11.9. The van der Waals surface area contributed by atoms with Crippen molar-refractivity contribution in [1.82, 2.24) is 5.32 Å². The van der Waals surface area contributed by atoms with E-state index < -0.39 is 0 Å². The largest absolute Gasteiger partial charge is 0.496 e. The molecule has 1 aromatic carbocycles. The second-order valence-corrected chi connectivity index (χ2v) is 5.10. The highest BCUT2D eigenvalue weighted by atomic mass is 79.9. The minimum Gasteiger partial charge on any atom is -0.496 e. The van der Waals surface area contributed by atoms with Crippen molar-refractivity contribution in [3.05, 3.63) is 28.2 Å². The fourth-order valence-electron chi connectivity index (χ4n) is 1.59. The third-order valence-electron chi connectivity index (χ3n) is 2.95. The van der Waals surface area contributed by atoms with Gasteiger partial charge in [-0.1, -0.05) is 0 Å². The topological polar surface area (TPSA) is 58.6 Å². The Morgan fingerprint density at radius 2 is 2.29 bits per heavy atom. The van der Waals surface area contributed by atoms with Crippen LogP contribution >= 0.6 is 15.9 Å². The first-order valence-corrected chi connectivity index (χ1v) is 6.16. The Morgan fingerprint density at radius 1 is 1.59 bits per heavy atom. The van der Waals surface area contributed by atoms with E-state index in [-0.39, 0.29) is 18.1 Å². The van der Waals surface area contributed by atoms with Crippen molar-refractivity contribution in [3.8, 4) is 5.75 Å². The van der Waals surface area contributed by atoms with E-state index in [0.29, 0.717) is 11.3 Å². The standard InChI is InChI=1S/C12H14BrNO3/c1-17-10-3-2-8(6-9(10)13)11(16)14-12(7-15)4-5-12/h2-3,6,15H,4-5,7H2,1H3,(H,14,16). The van der Waals surface area contributed by atoms with Gasteiger partial charge in [-0.15, -0.1) is 0 Å². The van der Waals surface area contributed by atoms with Crippen molar-refractivity contribution in [1.29, 1.82) is 0 Å². The van der Waals surface area contributed by atoms with Crippen LogP contribution in [0.2, 0.25) is 0 Å². The van der Waals surface area contributed by atoms with E-state index in [1.807, 2.05) is 0 Å². The van der Waals surface area contributed by atoms with Crippen LogP contribution in [0.5, 0.6) is 5.75 Å². The number of halogens is 1. The number of nitrogens with one attached hydrogen (secondary N) is 1. The molecule has 0 bridgehead atoms. The van der Waals surface area contributed by atoms with E-state index in [1.54, 1.807) is 25.3 Å². The summed E-state index contributed by atoms with van der Waals surface area (Å²) in [5.74, 6) is 0.518. The maximum atomic E-state index is 11.9. The molecule has 0 unspecified atom stereocenters. The van der Waals surface area contributed by atoms with Crippen LogP contribution in [0.15, 0.2) is 22.7 Å². The smallest absolute Gasteiger partial charge is 0.251 e. The monoisotopic (exact) mass is 299 g/mol. The van der Waals surface area contributed by atoms with Gasteiger partial charge in [-0.2, -0.15) is 0 Å². The summed E-state index contributed by atoms with van der Waals surface area (Å²) in [6, 6.07) is 5.14. The van der Waals surface area contributed by atoms with Crippen molar-refractivity contribution in [2.75, 3.05) is 13.7 Å². The first kappa shape index (κ1) is 12.4. The Morgan fingerprint density at radius 3 is 2.76 bits per heavy atom. The van der Waals surface area contributed by atoms with Crippen LogP contribution < -0.4 is 10.1 Å². The third-order valence-corrected chi connectivity index (χ3v) is 3.57. The fourth-order valence-corrected chi connectivity index (χ4v) is 2.13. The Hall–Kier alpha value is -1.07. The molecular weight excluding hydrogens is 286 g/mol. The van der Waals surface area contributed by atoms with Gasteiger partial charge < -0.3 is 15.2 Å². The summed E-state index contributed by atoms with van der Waals surface area (Å²) >= 11 is 3.33. The third kappa shape index (κ3) is 2.61. The summed E-state index contributed by atoms with van der Waals surface area (Å²) in [7, 11) is 1.57. The van der Waals surface area contributed by atoms with Crippen molar-refractivity contribution in [2.45, 2.75) is 18.4 Å².